The molecule has 0 bridgehead atoms. The summed E-state index contributed by atoms with van der Waals surface area (Å²) in [7, 11) is -3.65. The van der Waals surface area contributed by atoms with Gasteiger partial charge in [0.15, 0.2) is 6.61 Å². The number of benzene rings is 1. The third-order valence-corrected chi connectivity index (χ3v) is 5.97. The summed E-state index contributed by atoms with van der Waals surface area (Å²) in [5, 5.41) is 2.90. The van der Waals surface area contributed by atoms with Crippen LogP contribution in [0.4, 0.5) is 0 Å². The standard InChI is InChI=1S/C18H26N2O5S/c1-14-7-5-6-10-16(14)20-17(21)13-25-18(22)11-12-19-26(23,24)15-8-3-2-4-9-15/h2-4,8-9,14,16,19H,5-7,10-13H2,1H3,(H,20,21)/t14-,16+/m0/s1. The quantitative estimate of drug-likeness (QED) is 0.665. The van der Waals surface area contributed by atoms with Crippen LogP contribution < -0.4 is 10.0 Å². The molecule has 0 aromatic heterocycles. The second kappa shape index (κ2) is 9.68. The molecule has 1 amide bonds. The maximum absolute atomic E-state index is 12.0. The number of amides is 1. The Kier molecular flexibility index (Phi) is 7.59. The summed E-state index contributed by atoms with van der Waals surface area (Å²) in [5.41, 5.74) is 0. The molecule has 0 spiro atoms. The third-order valence-electron chi connectivity index (χ3n) is 4.50. The number of nitrogens with one attached hydrogen (secondary N) is 2. The smallest absolute Gasteiger partial charge is 0.307 e. The minimum absolute atomic E-state index is 0.0860. The molecule has 1 aromatic rings. The molecule has 144 valence electrons. The summed E-state index contributed by atoms with van der Waals surface area (Å²) in [5.74, 6) is -0.509. The van der Waals surface area contributed by atoms with Crippen molar-refractivity contribution >= 4 is 21.9 Å². The van der Waals surface area contributed by atoms with Crippen LogP contribution in [0.15, 0.2) is 35.2 Å². The summed E-state index contributed by atoms with van der Waals surface area (Å²) in [4.78, 5) is 23.7. The van der Waals surface area contributed by atoms with Crippen molar-refractivity contribution in [1.82, 2.24) is 10.0 Å². The number of hydrogen-bond acceptors (Lipinski definition) is 5. The number of ether oxygens (including phenoxy) is 1. The van der Waals surface area contributed by atoms with Gasteiger partial charge >= 0.3 is 5.97 Å². The van der Waals surface area contributed by atoms with Gasteiger partial charge in [-0.25, -0.2) is 13.1 Å². The molecule has 0 heterocycles. The topological polar surface area (TPSA) is 102 Å². The van der Waals surface area contributed by atoms with E-state index in [9.17, 15) is 18.0 Å². The molecule has 2 rings (SSSR count). The van der Waals surface area contributed by atoms with Crippen LogP contribution in [-0.4, -0.2) is 39.5 Å². The lowest BCUT2D eigenvalue weighted by atomic mass is 9.86. The summed E-state index contributed by atoms with van der Waals surface area (Å²) in [6, 6.07) is 8.03. The Morgan fingerprint density at radius 2 is 1.85 bits per heavy atom. The van der Waals surface area contributed by atoms with Crippen molar-refractivity contribution in [2.75, 3.05) is 13.2 Å². The average molecular weight is 382 g/mol. The van der Waals surface area contributed by atoms with Crippen LogP contribution in [0.1, 0.15) is 39.0 Å². The zero-order valence-corrected chi connectivity index (χ0v) is 15.8. The molecule has 2 atom stereocenters. The van der Waals surface area contributed by atoms with E-state index in [2.05, 4.69) is 17.0 Å². The highest BCUT2D eigenvalue weighted by Gasteiger charge is 2.23. The molecule has 1 saturated carbocycles. The summed E-state index contributed by atoms with van der Waals surface area (Å²) < 4.78 is 31.3. The Labute approximate surface area is 154 Å². The van der Waals surface area contributed by atoms with E-state index in [4.69, 9.17) is 4.74 Å². The van der Waals surface area contributed by atoms with Crippen LogP contribution >= 0.6 is 0 Å². The lowest BCUT2D eigenvalue weighted by molar-refractivity contribution is -0.148. The van der Waals surface area contributed by atoms with Crippen molar-refractivity contribution in [2.24, 2.45) is 5.92 Å². The van der Waals surface area contributed by atoms with E-state index in [1.165, 1.54) is 18.6 Å². The van der Waals surface area contributed by atoms with E-state index in [1.807, 2.05) is 0 Å². The Morgan fingerprint density at radius 1 is 1.15 bits per heavy atom. The first kappa shape index (κ1) is 20.4. The highest BCUT2D eigenvalue weighted by molar-refractivity contribution is 7.89. The number of rotatable bonds is 8. The Hall–Kier alpha value is -1.93. The third kappa shape index (κ3) is 6.42. The van der Waals surface area contributed by atoms with Crippen molar-refractivity contribution < 1.29 is 22.7 Å². The first-order chi connectivity index (χ1) is 12.4. The van der Waals surface area contributed by atoms with E-state index in [-0.39, 0.29) is 36.4 Å². The van der Waals surface area contributed by atoms with Gasteiger partial charge in [-0.2, -0.15) is 0 Å². The first-order valence-corrected chi connectivity index (χ1v) is 10.4. The molecular weight excluding hydrogens is 356 g/mol. The Bertz CT molecular complexity index is 706. The second-order valence-corrected chi connectivity index (χ2v) is 8.32. The van der Waals surface area contributed by atoms with Gasteiger partial charge in [-0.1, -0.05) is 38.0 Å². The Morgan fingerprint density at radius 3 is 2.54 bits per heavy atom. The number of carbonyl (C=O) groups excluding carboxylic acids is 2. The van der Waals surface area contributed by atoms with Gasteiger partial charge in [0.05, 0.1) is 11.3 Å². The van der Waals surface area contributed by atoms with Gasteiger partial charge in [0.25, 0.3) is 5.91 Å². The van der Waals surface area contributed by atoms with Gasteiger partial charge in [0.2, 0.25) is 10.0 Å². The van der Waals surface area contributed by atoms with Crippen LogP contribution in [0, 0.1) is 5.92 Å². The van der Waals surface area contributed by atoms with Gasteiger partial charge in [-0.05, 0) is 30.9 Å². The van der Waals surface area contributed by atoms with Crippen LogP contribution in [0.3, 0.4) is 0 Å². The largest absolute Gasteiger partial charge is 0.456 e. The minimum Gasteiger partial charge on any atom is -0.456 e. The molecular formula is C18H26N2O5S. The number of carbonyl (C=O) groups is 2. The van der Waals surface area contributed by atoms with E-state index < -0.39 is 16.0 Å². The number of sulfonamides is 1. The fourth-order valence-corrected chi connectivity index (χ4v) is 4.02. The van der Waals surface area contributed by atoms with Gasteiger partial charge in [-0.15, -0.1) is 0 Å². The van der Waals surface area contributed by atoms with Crippen molar-refractivity contribution in [3.05, 3.63) is 30.3 Å². The van der Waals surface area contributed by atoms with Gasteiger partial charge in [0.1, 0.15) is 0 Å². The zero-order valence-electron chi connectivity index (χ0n) is 14.9. The molecule has 0 aliphatic heterocycles. The molecule has 26 heavy (non-hydrogen) atoms. The van der Waals surface area contributed by atoms with Crippen LogP contribution in [0.2, 0.25) is 0 Å². The molecule has 0 unspecified atom stereocenters. The molecule has 1 aromatic carbocycles. The number of hydrogen-bond donors (Lipinski definition) is 2. The molecule has 8 heteroatoms. The van der Waals surface area contributed by atoms with Crippen molar-refractivity contribution in [3.8, 4) is 0 Å². The monoisotopic (exact) mass is 382 g/mol. The highest BCUT2D eigenvalue weighted by Crippen LogP contribution is 2.23. The SMILES string of the molecule is C[C@H]1CCCC[C@H]1NC(=O)COC(=O)CCNS(=O)(=O)c1ccccc1. The van der Waals surface area contributed by atoms with E-state index in [0.29, 0.717) is 5.92 Å². The van der Waals surface area contributed by atoms with Crippen molar-refractivity contribution in [1.29, 1.82) is 0 Å². The van der Waals surface area contributed by atoms with Crippen molar-refractivity contribution in [2.45, 2.75) is 50.0 Å². The minimum atomic E-state index is -3.65. The maximum Gasteiger partial charge on any atom is 0.307 e. The summed E-state index contributed by atoms with van der Waals surface area (Å²) >= 11 is 0. The van der Waals surface area contributed by atoms with Gasteiger partial charge in [-0.3, -0.25) is 9.59 Å². The van der Waals surface area contributed by atoms with Crippen LogP contribution in [0.5, 0.6) is 0 Å². The molecule has 2 N–H and O–H groups in total. The lowest BCUT2D eigenvalue weighted by Gasteiger charge is -2.29. The molecule has 1 aliphatic carbocycles. The van der Waals surface area contributed by atoms with Gasteiger partial charge < -0.3 is 10.1 Å². The predicted octanol–water partition coefficient (Wildman–Crippen LogP) is 1.59. The van der Waals surface area contributed by atoms with Crippen LogP contribution in [0.25, 0.3) is 0 Å². The first-order valence-electron chi connectivity index (χ1n) is 8.88. The maximum atomic E-state index is 12.0. The lowest BCUT2D eigenvalue weighted by Crippen LogP contribution is -2.43. The summed E-state index contributed by atoms with van der Waals surface area (Å²) in [6.45, 7) is 1.68. The van der Waals surface area contributed by atoms with E-state index in [1.54, 1.807) is 18.2 Å². The highest BCUT2D eigenvalue weighted by atomic mass is 32.2. The zero-order chi connectivity index (χ0) is 19.0. The summed E-state index contributed by atoms with van der Waals surface area (Å²) in [6.07, 6.45) is 4.17. The molecule has 1 aliphatic rings. The van der Waals surface area contributed by atoms with Crippen LogP contribution in [-0.2, 0) is 24.3 Å². The molecule has 0 radical (unpaired) electrons. The van der Waals surface area contributed by atoms with E-state index in [0.717, 1.165) is 19.3 Å². The molecule has 7 nitrogen and oxygen atoms in total. The Balaban J connectivity index is 1.66. The fraction of sp³-hybridized carbons (Fsp3) is 0.556. The number of esters is 1. The fourth-order valence-electron chi connectivity index (χ4n) is 2.97. The van der Waals surface area contributed by atoms with Crippen molar-refractivity contribution in [3.63, 3.8) is 0 Å². The normalized spacial score (nSPS) is 20.3. The average Bonchev–Trinajstić information content (AvgIpc) is 2.62. The molecule has 1 fully saturated rings. The van der Waals surface area contributed by atoms with Gasteiger partial charge in [0, 0.05) is 12.6 Å². The van der Waals surface area contributed by atoms with E-state index >= 15 is 0 Å². The second-order valence-electron chi connectivity index (χ2n) is 6.56. The molecule has 0 saturated heterocycles. The predicted molar refractivity (Wildman–Crippen MR) is 96.8 cm³/mol.